The molecule has 2 aromatic rings. The number of hydrogen-bond acceptors (Lipinski definition) is 6. The van der Waals surface area contributed by atoms with Crippen LogP contribution in [0.5, 0.6) is 0 Å². The molecule has 0 spiro atoms. The Balaban J connectivity index is 1.67. The Bertz CT molecular complexity index is 767. The van der Waals surface area contributed by atoms with Crippen LogP contribution in [0.2, 0.25) is 0 Å². The van der Waals surface area contributed by atoms with Crippen LogP contribution in [-0.4, -0.2) is 52.7 Å². The molecule has 0 aliphatic carbocycles. The molecule has 0 radical (unpaired) electrons. The lowest BCUT2D eigenvalue weighted by Gasteiger charge is -2.34. The SMILES string of the molecule is CC(=O)c1ccc(Nc2nccc(N3CCN(C(C)=O)CC3)n2)cc1. The Morgan fingerprint density at radius 1 is 1.00 bits per heavy atom. The summed E-state index contributed by atoms with van der Waals surface area (Å²) in [4.78, 5) is 35.5. The highest BCUT2D eigenvalue weighted by Gasteiger charge is 2.19. The van der Waals surface area contributed by atoms with E-state index in [1.165, 1.54) is 0 Å². The van der Waals surface area contributed by atoms with E-state index in [2.05, 4.69) is 20.2 Å². The number of nitrogens with zero attached hydrogens (tertiary/aromatic N) is 4. The summed E-state index contributed by atoms with van der Waals surface area (Å²) in [5, 5.41) is 3.15. The number of hydrogen-bond donors (Lipinski definition) is 1. The number of nitrogens with one attached hydrogen (secondary N) is 1. The van der Waals surface area contributed by atoms with Crippen molar-refractivity contribution in [2.24, 2.45) is 0 Å². The molecule has 3 rings (SSSR count). The average Bonchev–Trinajstić information content (AvgIpc) is 2.62. The summed E-state index contributed by atoms with van der Waals surface area (Å²) in [6, 6.07) is 9.08. The predicted octanol–water partition coefficient (Wildman–Crippen LogP) is 2.09. The van der Waals surface area contributed by atoms with Gasteiger partial charge in [-0.3, -0.25) is 9.59 Å². The highest BCUT2D eigenvalue weighted by Crippen LogP contribution is 2.18. The Morgan fingerprint density at radius 3 is 2.28 bits per heavy atom. The molecule has 2 heterocycles. The van der Waals surface area contributed by atoms with E-state index in [-0.39, 0.29) is 11.7 Å². The molecule has 7 nitrogen and oxygen atoms in total. The molecule has 1 fully saturated rings. The molecule has 7 heteroatoms. The van der Waals surface area contributed by atoms with Gasteiger partial charge in [-0.2, -0.15) is 4.98 Å². The minimum Gasteiger partial charge on any atom is -0.353 e. The van der Waals surface area contributed by atoms with Gasteiger partial charge < -0.3 is 15.1 Å². The molecule has 1 amide bonds. The molecule has 0 unspecified atom stereocenters. The van der Waals surface area contributed by atoms with Gasteiger partial charge in [0.25, 0.3) is 0 Å². The molecule has 0 saturated carbocycles. The molecule has 1 aromatic carbocycles. The van der Waals surface area contributed by atoms with Gasteiger partial charge in [0.15, 0.2) is 5.78 Å². The van der Waals surface area contributed by atoms with Crippen molar-refractivity contribution in [2.45, 2.75) is 13.8 Å². The van der Waals surface area contributed by atoms with E-state index >= 15 is 0 Å². The maximum absolute atomic E-state index is 11.4. The van der Waals surface area contributed by atoms with Gasteiger partial charge in [-0.25, -0.2) is 4.98 Å². The van der Waals surface area contributed by atoms with Crippen LogP contribution < -0.4 is 10.2 Å². The summed E-state index contributed by atoms with van der Waals surface area (Å²) < 4.78 is 0. The highest BCUT2D eigenvalue weighted by molar-refractivity contribution is 5.94. The summed E-state index contributed by atoms with van der Waals surface area (Å²) in [6.45, 7) is 6.05. The van der Waals surface area contributed by atoms with Crippen LogP contribution in [0, 0.1) is 0 Å². The van der Waals surface area contributed by atoms with Crippen molar-refractivity contribution in [3.8, 4) is 0 Å². The highest BCUT2D eigenvalue weighted by atomic mass is 16.2. The first kappa shape index (κ1) is 16.9. The lowest BCUT2D eigenvalue weighted by Crippen LogP contribution is -2.48. The Labute approximate surface area is 146 Å². The van der Waals surface area contributed by atoms with Crippen molar-refractivity contribution in [2.75, 3.05) is 36.4 Å². The quantitative estimate of drug-likeness (QED) is 0.860. The third-order valence-corrected chi connectivity index (χ3v) is 4.24. The molecule has 25 heavy (non-hydrogen) atoms. The minimum atomic E-state index is 0.0366. The number of anilines is 3. The van der Waals surface area contributed by atoms with Gasteiger partial charge >= 0.3 is 0 Å². The molecular weight excluding hydrogens is 318 g/mol. The van der Waals surface area contributed by atoms with Crippen molar-refractivity contribution in [1.29, 1.82) is 0 Å². The van der Waals surface area contributed by atoms with Crippen LogP contribution in [0.4, 0.5) is 17.5 Å². The monoisotopic (exact) mass is 339 g/mol. The summed E-state index contributed by atoms with van der Waals surface area (Å²) in [5.41, 5.74) is 1.49. The zero-order valence-corrected chi connectivity index (χ0v) is 14.4. The molecule has 1 saturated heterocycles. The van der Waals surface area contributed by atoms with Gasteiger partial charge in [0.05, 0.1) is 0 Å². The van der Waals surface area contributed by atoms with Crippen LogP contribution >= 0.6 is 0 Å². The smallest absolute Gasteiger partial charge is 0.229 e. The molecule has 0 bridgehead atoms. The largest absolute Gasteiger partial charge is 0.353 e. The average molecular weight is 339 g/mol. The lowest BCUT2D eigenvalue weighted by atomic mass is 10.1. The van der Waals surface area contributed by atoms with Gasteiger partial charge in [0.2, 0.25) is 11.9 Å². The van der Waals surface area contributed by atoms with Gasteiger partial charge in [0.1, 0.15) is 5.82 Å². The van der Waals surface area contributed by atoms with E-state index < -0.39 is 0 Å². The number of carbonyl (C=O) groups is 2. The molecule has 1 aliphatic rings. The van der Waals surface area contributed by atoms with Crippen LogP contribution in [-0.2, 0) is 4.79 Å². The second-order valence-corrected chi connectivity index (χ2v) is 5.99. The molecular formula is C18H21N5O2. The fraction of sp³-hybridized carbons (Fsp3) is 0.333. The third kappa shape index (κ3) is 4.12. The van der Waals surface area contributed by atoms with Crippen LogP contribution in [0.15, 0.2) is 36.5 Å². The molecule has 1 aromatic heterocycles. The zero-order chi connectivity index (χ0) is 17.8. The summed E-state index contributed by atoms with van der Waals surface area (Å²) in [5.74, 6) is 1.48. The number of Topliss-reactive ketones (excluding diaryl/α,β-unsaturated/α-hetero) is 1. The number of aromatic nitrogens is 2. The summed E-state index contributed by atoms with van der Waals surface area (Å²) in [6.07, 6.45) is 1.71. The topological polar surface area (TPSA) is 78.4 Å². The van der Waals surface area contributed by atoms with Gasteiger partial charge in [-0.15, -0.1) is 0 Å². The number of carbonyl (C=O) groups excluding carboxylic acids is 2. The van der Waals surface area contributed by atoms with Crippen molar-refractivity contribution in [3.63, 3.8) is 0 Å². The van der Waals surface area contributed by atoms with E-state index in [9.17, 15) is 9.59 Å². The maximum Gasteiger partial charge on any atom is 0.229 e. The maximum atomic E-state index is 11.4. The third-order valence-electron chi connectivity index (χ3n) is 4.24. The fourth-order valence-corrected chi connectivity index (χ4v) is 2.75. The van der Waals surface area contributed by atoms with Gasteiger partial charge in [0, 0.05) is 50.6 Å². The first-order chi connectivity index (χ1) is 12.0. The van der Waals surface area contributed by atoms with Gasteiger partial charge in [-0.05, 0) is 37.3 Å². The van der Waals surface area contributed by atoms with Crippen molar-refractivity contribution in [3.05, 3.63) is 42.1 Å². The molecule has 0 atom stereocenters. The number of piperazine rings is 1. The Kier molecular flexibility index (Phi) is 4.92. The van der Waals surface area contributed by atoms with Crippen molar-refractivity contribution >= 4 is 29.1 Å². The van der Waals surface area contributed by atoms with E-state index in [4.69, 9.17) is 0 Å². The molecule has 1 aliphatic heterocycles. The minimum absolute atomic E-state index is 0.0366. The first-order valence-corrected chi connectivity index (χ1v) is 8.24. The Hall–Kier alpha value is -2.96. The number of rotatable bonds is 4. The number of amides is 1. The summed E-state index contributed by atoms with van der Waals surface area (Å²) >= 11 is 0. The summed E-state index contributed by atoms with van der Waals surface area (Å²) in [7, 11) is 0. The van der Waals surface area contributed by atoms with Crippen LogP contribution in [0.1, 0.15) is 24.2 Å². The van der Waals surface area contributed by atoms with Crippen LogP contribution in [0.3, 0.4) is 0 Å². The van der Waals surface area contributed by atoms with E-state index in [1.807, 2.05) is 23.1 Å². The number of benzene rings is 1. The lowest BCUT2D eigenvalue weighted by molar-refractivity contribution is -0.129. The number of ketones is 1. The van der Waals surface area contributed by atoms with Crippen molar-refractivity contribution < 1.29 is 9.59 Å². The molecule has 1 N–H and O–H groups in total. The standard InChI is InChI=1S/C18H21N5O2/c1-13(24)15-3-5-16(6-4-15)20-18-19-8-7-17(21-18)23-11-9-22(10-12-23)14(2)25/h3-8H,9-12H2,1-2H3,(H,19,20,21). The Morgan fingerprint density at radius 2 is 1.68 bits per heavy atom. The van der Waals surface area contributed by atoms with Crippen molar-refractivity contribution in [1.82, 2.24) is 14.9 Å². The van der Waals surface area contributed by atoms with E-state index in [0.29, 0.717) is 24.6 Å². The van der Waals surface area contributed by atoms with E-state index in [0.717, 1.165) is 24.6 Å². The van der Waals surface area contributed by atoms with Crippen LogP contribution in [0.25, 0.3) is 0 Å². The fourth-order valence-electron chi connectivity index (χ4n) is 2.75. The second-order valence-electron chi connectivity index (χ2n) is 5.99. The van der Waals surface area contributed by atoms with E-state index in [1.54, 1.807) is 32.2 Å². The normalized spacial score (nSPS) is 14.3. The predicted molar refractivity (Wildman–Crippen MR) is 96.2 cm³/mol. The van der Waals surface area contributed by atoms with Gasteiger partial charge in [-0.1, -0.05) is 0 Å². The zero-order valence-electron chi connectivity index (χ0n) is 14.4. The first-order valence-electron chi connectivity index (χ1n) is 8.24. The molecule has 130 valence electrons. The second kappa shape index (κ2) is 7.29.